The first-order valence-corrected chi connectivity index (χ1v) is 12.8. The van der Waals surface area contributed by atoms with Crippen LogP contribution in [0.3, 0.4) is 0 Å². The number of hydrogen-bond acceptors (Lipinski definition) is 2. The lowest BCUT2D eigenvalue weighted by Gasteiger charge is -2.31. The molecule has 0 saturated heterocycles. The Kier molecular flexibility index (Phi) is 10.1. The highest BCUT2D eigenvalue weighted by molar-refractivity contribution is 5.94. The molecule has 0 spiro atoms. The third-order valence-electron chi connectivity index (χ3n) is 6.56. The van der Waals surface area contributed by atoms with Crippen LogP contribution in [-0.4, -0.2) is 34.7 Å². The molecular formula is C32H38N2O2. The normalized spacial score (nSPS) is 11.5. The lowest BCUT2D eigenvalue weighted by atomic mass is 10.0. The number of hydrogen-bond donors (Lipinski definition) is 0. The van der Waals surface area contributed by atoms with Crippen molar-refractivity contribution < 1.29 is 9.59 Å². The highest BCUT2D eigenvalue weighted by Crippen LogP contribution is 2.23. The van der Waals surface area contributed by atoms with Gasteiger partial charge in [-0.25, -0.2) is 0 Å². The molecule has 0 fully saturated rings. The van der Waals surface area contributed by atoms with E-state index in [0.717, 1.165) is 29.5 Å². The molecule has 0 aliphatic heterocycles. The van der Waals surface area contributed by atoms with Crippen molar-refractivity contribution in [1.29, 1.82) is 0 Å². The molecule has 1 unspecified atom stereocenters. The first kappa shape index (κ1) is 26.9. The maximum absolute atomic E-state index is 13.6. The summed E-state index contributed by atoms with van der Waals surface area (Å²) in [5.74, 6) is -0.0159. The number of nitrogens with zero attached hydrogens (tertiary/aromatic N) is 2. The second-order valence-corrected chi connectivity index (χ2v) is 9.39. The number of rotatable bonds is 12. The average molecular weight is 483 g/mol. The summed E-state index contributed by atoms with van der Waals surface area (Å²) in [4.78, 5) is 30.8. The van der Waals surface area contributed by atoms with Crippen LogP contribution in [0, 0.1) is 0 Å². The van der Waals surface area contributed by atoms with Crippen LogP contribution in [0.2, 0.25) is 0 Å². The van der Waals surface area contributed by atoms with E-state index in [1.165, 1.54) is 5.56 Å². The summed E-state index contributed by atoms with van der Waals surface area (Å²) in [7, 11) is 0. The Balaban J connectivity index is 1.79. The largest absolute Gasteiger partial charge is 0.338 e. The molecule has 0 radical (unpaired) electrons. The van der Waals surface area contributed by atoms with Crippen LogP contribution in [0.5, 0.6) is 0 Å². The third-order valence-corrected chi connectivity index (χ3v) is 6.56. The second-order valence-electron chi connectivity index (χ2n) is 9.39. The van der Waals surface area contributed by atoms with Gasteiger partial charge in [-0.3, -0.25) is 9.59 Å². The second kappa shape index (κ2) is 13.4. The molecule has 3 rings (SSSR count). The summed E-state index contributed by atoms with van der Waals surface area (Å²) in [6.07, 6.45) is 1.94. The van der Waals surface area contributed by atoms with Gasteiger partial charge < -0.3 is 9.80 Å². The van der Waals surface area contributed by atoms with Crippen molar-refractivity contribution in [2.45, 2.75) is 52.6 Å². The summed E-state index contributed by atoms with van der Waals surface area (Å²) < 4.78 is 0. The van der Waals surface area contributed by atoms with Crippen LogP contribution in [-0.2, 0) is 17.8 Å². The molecule has 3 aromatic carbocycles. The Morgan fingerprint density at radius 3 is 2.00 bits per heavy atom. The zero-order valence-corrected chi connectivity index (χ0v) is 21.8. The fourth-order valence-electron chi connectivity index (χ4n) is 4.23. The lowest BCUT2D eigenvalue weighted by molar-refractivity contribution is -0.132. The minimum Gasteiger partial charge on any atom is -0.338 e. The van der Waals surface area contributed by atoms with Gasteiger partial charge in [-0.05, 0) is 55.5 Å². The molecule has 3 aromatic rings. The molecular weight excluding hydrogens is 444 g/mol. The van der Waals surface area contributed by atoms with Crippen molar-refractivity contribution in [3.8, 4) is 0 Å². The van der Waals surface area contributed by atoms with E-state index in [1.54, 1.807) is 0 Å². The van der Waals surface area contributed by atoms with Crippen LogP contribution < -0.4 is 0 Å². The van der Waals surface area contributed by atoms with Crippen molar-refractivity contribution in [3.63, 3.8) is 0 Å². The van der Waals surface area contributed by atoms with Crippen molar-refractivity contribution in [2.24, 2.45) is 0 Å². The predicted octanol–water partition coefficient (Wildman–Crippen LogP) is 6.84. The summed E-state index contributed by atoms with van der Waals surface area (Å²) in [5, 5.41) is 0. The molecule has 2 amide bonds. The predicted molar refractivity (Wildman–Crippen MR) is 148 cm³/mol. The van der Waals surface area contributed by atoms with Gasteiger partial charge in [-0.2, -0.15) is 0 Å². The molecule has 0 bridgehead atoms. The van der Waals surface area contributed by atoms with E-state index in [1.807, 2.05) is 109 Å². The molecule has 188 valence electrons. The van der Waals surface area contributed by atoms with E-state index in [2.05, 4.69) is 13.5 Å². The van der Waals surface area contributed by atoms with Crippen molar-refractivity contribution >= 4 is 11.8 Å². The Morgan fingerprint density at radius 2 is 1.42 bits per heavy atom. The Hall–Kier alpha value is -3.66. The number of carbonyl (C=O) groups is 2. The Labute approximate surface area is 216 Å². The van der Waals surface area contributed by atoms with E-state index in [4.69, 9.17) is 0 Å². The number of benzene rings is 3. The molecule has 0 aliphatic carbocycles. The molecule has 0 heterocycles. The van der Waals surface area contributed by atoms with Crippen LogP contribution >= 0.6 is 0 Å². The van der Waals surface area contributed by atoms with Gasteiger partial charge in [0, 0.05) is 31.6 Å². The highest BCUT2D eigenvalue weighted by atomic mass is 16.2. The maximum atomic E-state index is 13.6. The zero-order chi connectivity index (χ0) is 25.9. The fraction of sp³-hybridized carbons (Fsp3) is 0.312. The van der Waals surface area contributed by atoms with Gasteiger partial charge in [0.1, 0.15) is 0 Å². The lowest BCUT2D eigenvalue weighted by Crippen LogP contribution is -2.38. The van der Waals surface area contributed by atoms with Gasteiger partial charge in [0.2, 0.25) is 5.91 Å². The topological polar surface area (TPSA) is 40.6 Å². The Bertz CT molecular complexity index is 1120. The summed E-state index contributed by atoms with van der Waals surface area (Å²) in [6.45, 7) is 11.6. The standard InChI is InChI=1S/C32H38N2O2/c1-5-27-16-18-30(19-17-27)32(36)34(26(4)29-14-10-7-11-15-29)23-21-31(35)33(22-20-25(2)3)24-28-12-8-6-9-13-28/h6-19,26H,2,5,20-24H2,1,3-4H3. The molecule has 0 aliphatic rings. The average Bonchev–Trinajstić information content (AvgIpc) is 2.91. The summed E-state index contributed by atoms with van der Waals surface area (Å²) in [5.41, 5.74) is 5.02. The molecule has 36 heavy (non-hydrogen) atoms. The number of amides is 2. The third kappa shape index (κ3) is 7.67. The maximum Gasteiger partial charge on any atom is 0.254 e. The minimum absolute atomic E-state index is 0.0412. The van der Waals surface area contributed by atoms with E-state index < -0.39 is 0 Å². The zero-order valence-electron chi connectivity index (χ0n) is 21.8. The quantitative estimate of drug-likeness (QED) is 0.265. The smallest absolute Gasteiger partial charge is 0.254 e. The molecule has 0 saturated carbocycles. The number of carbonyl (C=O) groups excluding carboxylic acids is 2. The molecule has 4 nitrogen and oxygen atoms in total. The van der Waals surface area contributed by atoms with Crippen LogP contribution in [0.1, 0.15) is 66.7 Å². The molecule has 0 aromatic heterocycles. The van der Waals surface area contributed by atoms with Gasteiger partial charge in [0.05, 0.1) is 6.04 Å². The minimum atomic E-state index is -0.157. The van der Waals surface area contributed by atoms with Gasteiger partial charge in [-0.15, -0.1) is 6.58 Å². The summed E-state index contributed by atoms with van der Waals surface area (Å²) in [6, 6.07) is 27.6. The Morgan fingerprint density at radius 1 is 0.806 bits per heavy atom. The van der Waals surface area contributed by atoms with Gasteiger partial charge in [0.15, 0.2) is 0 Å². The SMILES string of the molecule is C=C(C)CCN(Cc1ccccc1)C(=O)CCN(C(=O)c1ccc(CC)cc1)C(C)c1ccccc1. The van der Waals surface area contributed by atoms with Crippen molar-refractivity contribution in [1.82, 2.24) is 9.80 Å². The van der Waals surface area contributed by atoms with E-state index >= 15 is 0 Å². The van der Waals surface area contributed by atoms with Crippen molar-refractivity contribution in [2.75, 3.05) is 13.1 Å². The highest BCUT2D eigenvalue weighted by Gasteiger charge is 2.25. The van der Waals surface area contributed by atoms with Crippen LogP contribution in [0.15, 0.2) is 97.1 Å². The first-order valence-electron chi connectivity index (χ1n) is 12.8. The van der Waals surface area contributed by atoms with Crippen LogP contribution in [0.25, 0.3) is 0 Å². The van der Waals surface area contributed by atoms with Crippen LogP contribution in [0.4, 0.5) is 0 Å². The molecule has 1 atom stereocenters. The fourth-order valence-corrected chi connectivity index (χ4v) is 4.23. The van der Waals surface area contributed by atoms with E-state index in [-0.39, 0.29) is 24.3 Å². The monoisotopic (exact) mass is 482 g/mol. The van der Waals surface area contributed by atoms with E-state index in [0.29, 0.717) is 25.2 Å². The molecule has 0 N–H and O–H groups in total. The van der Waals surface area contributed by atoms with Gasteiger partial charge in [-0.1, -0.05) is 85.3 Å². The van der Waals surface area contributed by atoms with Gasteiger partial charge >= 0.3 is 0 Å². The summed E-state index contributed by atoms with van der Waals surface area (Å²) >= 11 is 0. The molecule has 4 heteroatoms. The number of aryl methyl sites for hydroxylation is 1. The van der Waals surface area contributed by atoms with Gasteiger partial charge in [0.25, 0.3) is 5.91 Å². The van der Waals surface area contributed by atoms with E-state index in [9.17, 15) is 9.59 Å². The first-order chi connectivity index (χ1) is 17.4. The van der Waals surface area contributed by atoms with Crippen molar-refractivity contribution in [3.05, 3.63) is 119 Å².